The molecule has 0 aromatic heterocycles. The molecule has 0 aliphatic rings. The van der Waals surface area contributed by atoms with Gasteiger partial charge in [-0.05, 0) is 17.7 Å². The monoisotopic (exact) mass is 254 g/mol. The number of nitrogens with zero attached hydrogens (tertiary/aromatic N) is 1. The van der Waals surface area contributed by atoms with Gasteiger partial charge < -0.3 is 9.64 Å². The molecule has 0 fully saturated rings. The second-order valence-corrected chi connectivity index (χ2v) is 4.12. The van der Waals surface area contributed by atoms with Crippen LogP contribution in [0.5, 0.6) is 5.75 Å². The number of benzene rings is 2. The van der Waals surface area contributed by atoms with Gasteiger partial charge in [-0.1, -0.05) is 42.5 Å². The number of anilines is 1. The first-order valence-corrected chi connectivity index (χ1v) is 6.03. The summed E-state index contributed by atoms with van der Waals surface area (Å²) in [5, 5.41) is 0. The van der Waals surface area contributed by atoms with E-state index in [-0.39, 0.29) is 5.91 Å². The van der Waals surface area contributed by atoms with Crippen molar-refractivity contribution < 1.29 is 9.53 Å². The maximum Gasteiger partial charge on any atom is 0.235 e. The highest BCUT2D eigenvalue weighted by atomic mass is 16.5. The predicted molar refractivity (Wildman–Crippen MR) is 76.2 cm³/mol. The van der Waals surface area contributed by atoms with E-state index in [9.17, 15) is 4.79 Å². The highest BCUT2D eigenvalue weighted by Gasteiger charge is 2.15. The van der Waals surface area contributed by atoms with Gasteiger partial charge in [0.25, 0.3) is 0 Å². The smallest absolute Gasteiger partial charge is 0.235 e. The minimum Gasteiger partial charge on any atom is -0.495 e. The summed E-state index contributed by atoms with van der Waals surface area (Å²) in [5.74, 6) is 0.593. The minimum atomic E-state index is -0.0873. The van der Waals surface area contributed by atoms with Crippen LogP contribution in [-0.2, 0) is 4.79 Å². The normalized spacial score (nSPS) is 10.0. The van der Waals surface area contributed by atoms with Crippen molar-refractivity contribution >= 4 is 11.6 Å². The van der Waals surface area contributed by atoms with E-state index in [1.54, 1.807) is 25.5 Å². The number of rotatable bonds is 4. The highest BCUT2D eigenvalue weighted by molar-refractivity contribution is 6.02. The van der Waals surface area contributed by atoms with E-state index < -0.39 is 0 Å². The zero-order chi connectivity index (χ0) is 13.7. The molecule has 0 aliphatic heterocycles. The van der Waals surface area contributed by atoms with Crippen LogP contribution in [0.2, 0.25) is 0 Å². The molecule has 1 radical (unpaired) electrons. The molecule has 19 heavy (non-hydrogen) atoms. The van der Waals surface area contributed by atoms with Gasteiger partial charge in [-0.3, -0.25) is 4.79 Å². The van der Waals surface area contributed by atoms with E-state index >= 15 is 0 Å². The summed E-state index contributed by atoms with van der Waals surface area (Å²) in [6, 6.07) is 17.0. The van der Waals surface area contributed by atoms with Crippen LogP contribution < -0.4 is 9.64 Å². The van der Waals surface area contributed by atoms with Crippen molar-refractivity contribution in [3.63, 3.8) is 0 Å². The van der Waals surface area contributed by atoms with Gasteiger partial charge in [0, 0.05) is 7.05 Å². The molecule has 97 valence electrons. The van der Waals surface area contributed by atoms with Gasteiger partial charge >= 0.3 is 0 Å². The molecule has 0 N–H and O–H groups in total. The van der Waals surface area contributed by atoms with E-state index in [4.69, 9.17) is 4.74 Å². The molecular weight excluding hydrogens is 238 g/mol. The Hall–Kier alpha value is -2.29. The molecule has 3 heteroatoms. The molecule has 2 rings (SSSR count). The second kappa shape index (κ2) is 6.05. The van der Waals surface area contributed by atoms with Crippen LogP contribution in [0, 0.1) is 6.42 Å². The van der Waals surface area contributed by atoms with Crippen LogP contribution in [0.25, 0.3) is 0 Å². The summed E-state index contributed by atoms with van der Waals surface area (Å²) >= 11 is 0. The number of carbonyl (C=O) groups excluding carboxylic acids is 1. The average Bonchev–Trinajstić information content (AvgIpc) is 2.47. The summed E-state index contributed by atoms with van der Waals surface area (Å²) in [6.45, 7) is 0. The Bertz CT molecular complexity index is 552. The molecule has 2 aromatic rings. The number of likely N-dealkylation sites (N-methyl/N-ethyl adjacent to an activating group) is 1. The summed E-state index contributed by atoms with van der Waals surface area (Å²) in [4.78, 5) is 13.8. The lowest BCUT2D eigenvalue weighted by molar-refractivity contribution is -0.114. The number of methoxy groups -OCH3 is 1. The standard InChI is InChI=1S/C16H16NO2/c1-17(14-10-6-7-11-15(14)19-2)16(18)12-13-8-4-3-5-9-13/h3-12H,1-2H3. The van der Waals surface area contributed by atoms with Crippen LogP contribution >= 0.6 is 0 Å². The molecule has 0 bridgehead atoms. The van der Waals surface area contributed by atoms with E-state index in [1.807, 2.05) is 54.6 Å². The third-order valence-electron chi connectivity index (χ3n) is 2.87. The number of hydrogen-bond donors (Lipinski definition) is 0. The quantitative estimate of drug-likeness (QED) is 0.839. The molecule has 0 heterocycles. The van der Waals surface area contributed by atoms with Gasteiger partial charge in [0.2, 0.25) is 5.91 Å². The van der Waals surface area contributed by atoms with Gasteiger partial charge in [0.05, 0.1) is 19.2 Å². The van der Waals surface area contributed by atoms with Crippen molar-refractivity contribution in [1.29, 1.82) is 0 Å². The van der Waals surface area contributed by atoms with Gasteiger partial charge in [0.1, 0.15) is 5.75 Å². The largest absolute Gasteiger partial charge is 0.495 e. The summed E-state index contributed by atoms with van der Waals surface area (Å²) in [6.07, 6.45) is 1.60. The number of para-hydroxylation sites is 2. The molecule has 2 aromatic carbocycles. The Balaban J connectivity index is 2.15. The molecule has 1 amide bonds. The number of amides is 1. The lowest BCUT2D eigenvalue weighted by atomic mass is 10.1. The topological polar surface area (TPSA) is 29.5 Å². The third-order valence-corrected chi connectivity index (χ3v) is 2.87. The molecule has 3 nitrogen and oxygen atoms in total. The molecule has 0 unspecified atom stereocenters. The lowest BCUT2D eigenvalue weighted by Gasteiger charge is -2.19. The second-order valence-electron chi connectivity index (χ2n) is 4.12. The van der Waals surface area contributed by atoms with E-state index in [1.165, 1.54) is 0 Å². The Kier molecular flexibility index (Phi) is 4.18. The molecule has 0 aliphatic carbocycles. The van der Waals surface area contributed by atoms with Gasteiger partial charge in [-0.2, -0.15) is 0 Å². The van der Waals surface area contributed by atoms with Crippen LogP contribution in [0.3, 0.4) is 0 Å². The Morgan fingerprint density at radius 3 is 2.37 bits per heavy atom. The molecule has 0 spiro atoms. The predicted octanol–water partition coefficient (Wildman–Crippen LogP) is 2.91. The number of hydrogen-bond acceptors (Lipinski definition) is 2. The lowest BCUT2D eigenvalue weighted by Crippen LogP contribution is -2.27. The molecule has 0 saturated carbocycles. The van der Waals surface area contributed by atoms with Crippen molar-refractivity contribution in [3.05, 3.63) is 66.6 Å². The van der Waals surface area contributed by atoms with Crippen LogP contribution in [-0.4, -0.2) is 20.1 Å². The summed E-state index contributed by atoms with van der Waals surface area (Å²) in [7, 11) is 3.33. The van der Waals surface area contributed by atoms with Crippen LogP contribution in [0.4, 0.5) is 5.69 Å². The number of ether oxygens (including phenoxy) is 1. The molecular formula is C16H16NO2. The fourth-order valence-electron chi connectivity index (χ4n) is 1.81. The Morgan fingerprint density at radius 2 is 1.68 bits per heavy atom. The fraction of sp³-hybridized carbons (Fsp3) is 0.125. The Labute approximate surface area is 113 Å². The SMILES string of the molecule is COc1ccccc1N(C)C(=O)[CH]c1ccccc1. The first-order valence-electron chi connectivity index (χ1n) is 6.03. The number of carbonyl (C=O) groups is 1. The van der Waals surface area contributed by atoms with Crippen molar-refractivity contribution in [1.82, 2.24) is 0 Å². The zero-order valence-electron chi connectivity index (χ0n) is 11.0. The van der Waals surface area contributed by atoms with E-state index in [0.29, 0.717) is 5.75 Å². The average molecular weight is 254 g/mol. The maximum atomic E-state index is 12.2. The molecule has 0 atom stereocenters. The first kappa shape index (κ1) is 13.1. The van der Waals surface area contributed by atoms with Crippen molar-refractivity contribution in [3.8, 4) is 5.75 Å². The van der Waals surface area contributed by atoms with Crippen LogP contribution in [0.15, 0.2) is 54.6 Å². The van der Waals surface area contributed by atoms with Gasteiger partial charge in [0.15, 0.2) is 0 Å². The van der Waals surface area contributed by atoms with Crippen molar-refractivity contribution in [2.75, 3.05) is 19.1 Å². The zero-order valence-corrected chi connectivity index (χ0v) is 11.0. The molecule has 0 saturated heterocycles. The summed E-state index contributed by atoms with van der Waals surface area (Å²) < 4.78 is 5.26. The van der Waals surface area contributed by atoms with Crippen molar-refractivity contribution in [2.24, 2.45) is 0 Å². The van der Waals surface area contributed by atoms with Crippen molar-refractivity contribution in [2.45, 2.75) is 0 Å². The van der Waals surface area contributed by atoms with E-state index in [2.05, 4.69) is 0 Å². The Morgan fingerprint density at radius 1 is 1.05 bits per heavy atom. The van der Waals surface area contributed by atoms with Gasteiger partial charge in [-0.25, -0.2) is 0 Å². The first-order chi connectivity index (χ1) is 9.22. The highest BCUT2D eigenvalue weighted by Crippen LogP contribution is 2.27. The van der Waals surface area contributed by atoms with E-state index in [0.717, 1.165) is 11.3 Å². The fourth-order valence-corrected chi connectivity index (χ4v) is 1.81. The summed E-state index contributed by atoms with van der Waals surface area (Å²) in [5.41, 5.74) is 1.64. The third kappa shape index (κ3) is 3.13. The maximum absolute atomic E-state index is 12.2. The minimum absolute atomic E-state index is 0.0873. The van der Waals surface area contributed by atoms with Gasteiger partial charge in [-0.15, -0.1) is 0 Å². The van der Waals surface area contributed by atoms with Crippen LogP contribution in [0.1, 0.15) is 5.56 Å².